The minimum Gasteiger partial charge on any atom is -0.458 e. The number of rotatable bonds is 3. The zero-order chi connectivity index (χ0) is 32.8. The van der Waals surface area contributed by atoms with Crippen molar-refractivity contribution < 1.29 is 9.47 Å². The van der Waals surface area contributed by atoms with E-state index in [1.165, 1.54) is 55.3 Å². The molecule has 11 rings (SSSR count). The van der Waals surface area contributed by atoms with E-state index in [1.54, 1.807) is 0 Å². The average molecular weight is 637 g/mol. The molecule has 8 aromatic rings. The van der Waals surface area contributed by atoms with Crippen molar-refractivity contribution in [2.24, 2.45) is 0 Å². The van der Waals surface area contributed by atoms with E-state index in [-0.39, 0.29) is 6.71 Å². The van der Waals surface area contributed by atoms with Crippen molar-refractivity contribution in [3.05, 3.63) is 198 Å². The van der Waals surface area contributed by atoms with Gasteiger partial charge in [0.25, 0.3) is 6.71 Å². The van der Waals surface area contributed by atoms with Gasteiger partial charge >= 0.3 is 0 Å². The lowest BCUT2D eigenvalue weighted by Crippen LogP contribution is -2.57. The van der Waals surface area contributed by atoms with Crippen molar-refractivity contribution in [1.29, 1.82) is 0 Å². The fourth-order valence-electron chi connectivity index (χ4n) is 9.09. The second kappa shape index (κ2) is 10.3. The summed E-state index contributed by atoms with van der Waals surface area (Å²) in [5.74, 6) is 3.51. The largest absolute Gasteiger partial charge is 0.458 e. The summed E-state index contributed by atoms with van der Waals surface area (Å²) in [5, 5.41) is 2.50. The highest BCUT2D eigenvalue weighted by atomic mass is 16.5. The molecule has 0 bridgehead atoms. The first kappa shape index (κ1) is 27.6. The molecule has 0 aromatic heterocycles. The molecule has 1 aliphatic carbocycles. The molecular formula is C47H29BO2. The van der Waals surface area contributed by atoms with Gasteiger partial charge in [0.1, 0.15) is 23.0 Å². The van der Waals surface area contributed by atoms with E-state index in [2.05, 4.69) is 164 Å². The molecule has 0 saturated heterocycles. The number of benzene rings is 8. The number of para-hydroxylation sites is 1. The standard InChI is InChI=1S/C47H29BO2/c1-3-14-31(15-4-1)47(32-16-5-2-6-17-32)37-21-10-9-20-35(37)45-34-19-8-7-18-33(34)36(29-38(45)47)30-26-27-42-40(28-30)48-39-22-11-12-23-41(39)49-43-24-13-25-44(50-42)46(43)48/h1-29H. The van der Waals surface area contributed by atoms with Crippen LogP contribution in [0.15, 0.2) is 176 Å². The van der Waals surface area contributed by atoms with Gasteiger partial charge in [-0.1, -0.05) is 146 Å². The Hall–Kier alpha value is -6.32. The van der Waals surface area contributed by atoms with Crippen LogP contribution in [0.4, 0.5) is 0 Å². The highest BCUT2D eigenvalue weighted by Gasteiger charge is 2.47. The number of hydrogen-bond acceptors (Lipinski definition) is 2. The molecule has 0 saturated carbocycles. The van der Waals surface area contributed by atoms with E-state index in [0.29, 0.717) is 0 Å². The van der Waals surface area contributed by atoms with Gasteiger partial charge in [-0.3, -0.25) is 0 Å². The summed E-state index contributed by atoms with van der Waals surface area (Å²) in [4.78, 5) is 0. The van der Waals surface area contributed by atoms with Crippen LogP contribution in [0.3, 0.4) is 0 Å². The Labute approximate surface area is 291 Å². The lowest BCUT2D eigenvalue weighted by Gasteiger charge is -2.34. The highest BCUT2D eigenvalue weighted by Crippen LogP contribution is 2.59. The Morgan fingerprint density at radius 2 is 1.00 bits per heavy atom. The molecule has 3 heteroatoms. The summed E-state index contributed by atoms with van der Waals surface area (Å²) in [6.07, 6.45) is 0. The monoisotopic (exact) mass is 636 g/mol. The zero-order valence-corrected chi connectivity index (χ0v) is 27.1. The van der Waals surface area contributed by atoms with E-state index in [4.69, 9.17) is 9.47 Å². The summed E-state index contributed by atoms with van der Waals surface area (Å²) >= 11 is 0. The van der Waals surface area contributed by atoms with Gasteiger partial charge in [-0.25, -0.2) is 0 Å². The molecule has 2 nitrogen and oxygen atoms in total. The number of hydrogen-bond donors (Lipinski definition) is 0. The van der Waals surface area contributed by atoms with Crippen LogP contribution in [0.1, 0.15) is 22.3 Å². The van der Waals surface area contributed by atoms with Gasteiger partial charge in [-0.05, 0) is 96.5 Å². The van der Waals surface area contributed by atoms with Crippen LogP contribution >= 0.6 is 0 Å². The van der Waals surface area contributed by atoms with Gasteiger partial charge in [0.15, 0.2) is 0 Å². The molecule has 50 heavy (non-hydrogen) atoms. The first-order valence-electron chi connectivity index (χ1n) is 17.3. The maximum atomic E-state index is 6.60. The van der Waals surface area contributed by atoms with Gasteiger partial charge in [-0.2, -0.15) is 0 Å². The predicted molar refractivity (Wildman–Crippen MR) is 204 cm³/mol. The molecule has 3 aliphatic rings. The molecule has 8 aromatic carbocycles. The molecule has 232 valence electrons. The highest BCUT2D eigenvalue weighted by molar-refractivity contribution is 6.98. The normalized spacial score (nSPS) is 14.0. The second-order valence-corrected chi connectivity index (χ2v) is 13.5. The molecular weight excluding hydrogens is 607 g/mol. The van der Waals surface area contributed by atoms with Crippen molar-refractivity contribution in [1.82, 2.24) is 0 Å². The molecule has 2 heterocycles. The van der Waals surface area contributed by atoms with Crippen molar-refractivity contribution in [3.8, 4) is 45.3 Å². The van der Waals surface area contributed by atoms with Gasteiger partial charge in [0.2, 0.25) is 0 Å². The molecule has 0 spiro atoms. The van der Waals surface area contributed by atoms with E-state index < -0.39 is 5.41 Å². The minimum atomic E-state index is -0.488. The first-order chi connectivity index (χ1) is 24.8. The molecule has 0 radical (unpaired) electrons. The molecule has 0 unspecified atom stereocenters. The molecule has 0 N–H and O–H groups in total. The Morgan fingerprint density at radius 1 is 0.400 bits per heavy atom. The number of fused-ring (bicyclic) bond motifs is 9. The summed E-state index contributed by atoms with van der Waals surface area (Å²) in [5.41, 5.74) is 13.1. The predicted octanol–water partition coefficient (Wildman–Crippen LogP) is 9.60. The second-order valence-electron chi connectivity index (χ2n) is 13.5. The molecule has 0 atom stereocenters. The van der Waals surface area contributed by atoms with E-state index in [9.17, 15) is 0 Å². The van der Waals surface area contributed by atoms with E-state index in [1.807, 2.05) is 12.1 Å². The van der Waals surface area contributed by atoms with Crippen molar-refractivity contribution in [3.63, 3.8) is 0 Å². The Bertz CT molecular complexity index is 2610. The average Bonchev–Trinajstić information content (AvgIpc) is 3.49. The lowest BCUT2D eigenvalue weighted by atomic mass is 9.35. The minimum absolute atomic E-state index is 0.00697. The lowest BCUT2D eigenvalue weighted by molar-refractivity contribution is 0.464. The SMILES string of the molecule is c1ccc(C2(c3ccccc3)c3ccccc3-c3c2cc(-c2ccc4c(c2)B2c5ccccc5Oc5cccc(c52)O4)c2ccccc32)cc1. The van der Waals surface area contributed by atoms with Crippen molar-refractivity contribution in [2.75, 3.05) is 0 Å². The summed E-state index contributed by atoms with van der Waals surface area (Å²) in [7, 11) is 0. The van der Waals surface area contributed by atoms with Crippen LogP contribution in [0, 0.1) is 0 Å². The smallest absolute Gasteiger partial charge is 0.260 e. The van der Waals surface area contributed by atoms with Crippen LogP contribution in [0.2, 0.25) is 0 Å². The van der Waals surface area contributed by atoms with Crippen LogP contribution in [0.25, 0.3) is 33.0 Å². The third kappa shape index (κ3) is 3.64. The number of ether oxygens (including phenoxy) is 2. The molecule has 0 amide bonds. The van der Waals surface area contributed by atoms with E-state index >= 15 is 0 Å². The van der Waals surface area contributed by atoms with Gasteiger partial charge in [0.05, 0.1) is 5.41 Å². The van der Waals surface area contributed by atoms with Crippen molar-refractivity contribution >= 4 is 33.9 Å². The fourth-order valence-corrected chi connectivity index (χ4v) is 9.09. The topological polar surface area (TPSA) is 18.5 Å². The first-order valence-corrected chi connectivity index (χ1v) is 17.3. The van der Waals surface area contributed by atoms with Crippen LogP contribution < -0.4 is 25.9 Å². The summed E-state index contributed by atoms with van der Waals surface area (Å²) in [6.45, 7) is 0.00697. The van der Waals surface area contributed by atoms with Gasteiger partial charge in [-0.15, -0.1) is 0 Å². The van der Waals surface area contributed by atoms with Gasteiger partial charge in [0, 0.05) is 5.46 Å². The fraction of sp³-hybridized carbons (Fsp3) is 0.0213. The Morgan fingerprint density at radius 3 is 1.76 bits per heavy atom. The van der Waals surface area contributed by atoms with Crippen LogP contribution in [-0.2, 0) is 5.41 Å². The van der Waals surface area contributed by atoms with Crippen molar-refractivity contribution in [2.45, 2.75) is 5.41 Å². The third-order valence-corrected chi connectivity index (χ3v) is 11.1. The molecule has 0 fully saturated rings. The van der Waals surface area contributed by atoms with Gasteiger partial charge < -0.3 is 9.47 Å². The Balaban J connectivity index is 1.22. The van der Waals surface area contributed by atoms with E-state index in [0.717, 1.165) is 39.4 Å². The van der Waals surface area contributed by atoms with Crippen LogP contribution in [-0.4, -0.2) is 6.71 Å². The maximum Gasteiger partial charge on any atom is 0.260 e. The third-order valence-electron chi connectivity index (χ3n) is 11.1. The zero-order valence-electron chi connectivity index (χ0n) is 27.1. The maximum absolute atomic E-state index is 6.60. The summed E-state index contributed by atoms with van der Waals surface area (Å²) < 4.78 is 13.0. The summed E-state index contributed by atoms with van der Waals surface area (Å²) in [6, 6.07) is 63.8. The quantitative estimate of drug-likeness (QED) is 0.180. The van der Waals surface area contributed by atoms with Crippen LogP contribution in [0.5, 0.6) is 23.0 Å². The molecule has 2 aliphatic heterocycles. The Kier molecular flexibility index (Phi) is 5.71.